The highest BCUT2D eigenvalue weighted by Crippen LogP contribution is 2.09. The summed E-state index contributed by atoms with van der Waals surface area (Å²) in [5.41, 5.74) is 0.976. The molecular weight excluding hydrogens is 280 g/mol. The Morgan fingerprint density at radius 3 is 2.32 bits per heavy atom. The van der Waals surface area contributed by atoms with Gasteiger partial charge < -0.3 is 14.5 Å². The van der Waals surface area contributed by atoms with Crippen molar-refractivity contribution in [2.45, 2.75) is 32.8 Å². The standard InChI is InChI=1S/C17H24N2O3/c1-2-3-9-16(20)18-10-12-19(13-11-18)17(21)22-14-15-7-5-4-6-8-15/h4-8H,2-3,9-14H2,1H3. The van der Waals surface area contributed by atoms with E-state index in [2.05, 4.69) is 6.92 Å². The summed E-state index contributed by atoms with van der Waals surface area (Å²) in [6.45, 7) is 4.66. The first-order valence-corrected chi connectivity index (χ1v) is 7.94. The van der Waals surface area contributed by atoms with E-state index in [9.17, 15) is 9.59 Å². The van der Waals surface area contributed by atoms with Crippen LogP contribution in [0, 0.1) is 0 Å². The van der Waals surface area contributed by atoms with Crippen molar-refractivity contribution in [3.63, 3.8) is 0 Å². The van der Waals surface area contributed by atoms with Gasteiger partial charge in [0.15, 0.2) is 0 Å². The second-order valence-corrected chi connectivity index (χ2v) is 5.51. The number of carbonyl (C=O) groups is 2. The average molecular weight is 304 g/mol. The molecule has 1 heterocycles. The van der Waals surface area contributed by atoms with Crippen LogP contribution in [0.3, 0.4) is 0 Å². The average Bonchev–Trinajstić information content (AvgIpc) is 2.58. The molecule has 0 N–H and O–H groups in total. The quantitative estimate of drug-likeness (QED) is 0.840. The molecule has 22 heavy (non-hydrogen) atoms. The fourth-order valence-corrected chi connectivity index (χ4v) is 2.44. The molecule has 1 saturated heterocycles. The van der Waals surface area contributed by atoms with E-state index < -0.39 is 0 Å². The molecule has 0 saturated carbocycles. The zero-order chi connectivity index (χ0) is 15.8. The minimum atomic E-state index is -0.301. The van der Waals surface area contributed by atoms with E-state index in [1.54, 1.807) is 4.90 Å². The van der Waals surface area contributed by atoms with E-state index in [4.69, 9.17) is 4.74 Å². The van der Waals surface area contributed by atoms with Gasteiger partial charge in [-0.1, -0.05) is 43.7 Å². The number of nitrogens with zero attached hydrogens (tertiary/aromatic N) is 2. The van der Waals surface area contributed by atoms with Gasteiger partial charge in [0, 0.05) is 32.6 Å². The van der Waals surface area contributed by atoms with Gasteiger partial charge in [0.05, 0.1) is 0 Å². The molecule has 2 rings (SSSR count). The van der Waals surface area contributed by atoms with Crippen molar-refractivity contribution in [1.29, 1.82) is 0 Å². The smallest absolute Gasteiger partial charge is 0.410 e. The predicted octanol–water partition coefficient (Wildman–Crippen LogP) is 2.66. The molecule has 0 spiro atoms. The zero-order valence-corrected chi connectivity index (χ0v) is 13.2. The lowest BCUT2D eigenvalue weighted by Gasteiger charge is -2.34. The molecule has 5 heteroatoms. The zero-order valence-electron chi connectivity index (χ0n) is 13.2. The molecule has 0 unspecified atom stereocenters. The van der Waals surface area contributed by atoms with Gasteiger partial charge in [-0.2, -0.15) is 0 Å². The Morgan fingerprint density at radius 2 is 1.68 bits per heavy atom. The van der Waals surface area contributed by atoms with Crippen molar-refractivity contribution in [2.24, 2.45) is 0 Å². The van der Waals surface area contributed by atoms with Crippen molar-refractivity contribution < 1.29 is 14.3 Å². The predicted molar refractivity (Wildman–Crippen MR) is 84.3 cm³/mol. The molecule has 1 fully saturated rings. The number of rotatable bonds is 5. The molecule has 0 bridgehead atoms. The third-order valence-corrected chi connectivity index (χ3v) is 3.84. The van der Waals surface area contributed by atoms with Crippen LogP contribution in [0.2, 0.25) is 0 Å². The molecule has 1 aliphatic heterocycles. The Bertz CT molecular complexity index is 482. The molecule has 1 aliphatic rings. The second-order valence-electron chi connectivity index (χ2n) is 5.51. The van der Waals surface area contributed by atoms with Crippen LogP contribution in [0.1, 0.15) is 31.7 Å². The molecular formula is C17H24N2O3. The number of amides is 2. The van der Waals surface area contributed by atoms with Crippen molar-refractivity contribution >= 4 is 12.0 Å². The topological polar surface area (TPSA) is 49.9 Å². The number of ether oxygens (including phenoxy) is 1. The summed E-state index contributed by atoms with van der Waals surface area (Å²) in [6.07, 6.45) is 2.26. The Morgan fingerprint density at radius 1 is 1.05 bits per heavy atom. The molecule has 0 atom stereocenters. The van der Waals surface area contributed by atoms with E-state index in [0.717, 1.165) is 18.4 Å². The van der Waals surface area contributed by atoms with Crippen LogP contribution >= 0.6 is 0 Å². The Hall–Kier alpha value is -2.04. The van der Waals surface area contributed by atoms with E-state index in [1.165, 1.54) is 0 Å². The van der Waals surface area contributed by atoms with Crippen molar-refractivity contribution in [3.05, 3.63) is 35.9 Å². The van der Waals surface area contributed by atoms with Crippen LogP contribution in [0.15, 0.2) is 30.3 Å². The summed E-state index contributed by atoms with van der Waals surface area (Å²) in [5.74, 6) is 0.194. The van der Waals surface area contributed by atoms with Crippen molar-refractivity contribution in [3.8, 4) is 0 Å². The number of benzene rings is 1. The van der Waals surface area contributed by atoms with Gasteiger partial charge in [0.25, 0.3) is 0 Å². The molecule has 5 nitrogen and oxygen atoms in total. The maximum absolute atomic E-state index is 12.0. The van der Waals surface area contributed by atoms with Crippen LogP contribution in [-0.2, 0) is 16.1 Å². The van der Waals surface area contributed by atoms with Crippen molar-refractivity contribution in [2.75, 3.05) is 26.2 Å². The maximum atomic E-state index is 12.0. The maximum Gasteiger partial charge on any atom is 0.410 e. The summed E-state index contributed by atoms with van der Waals surface area (Å²) in [7, 11) is 0. The third kappa shape index (κ3) is 4.76. The van der Waals surface area contributed by atoms with Gasteiger partial charge >= 0.3 is 6.09 Å². The van der Waals surface area contributed by atoms with Crippen LogP contribution < -0.4 is 0 Å². The number of carbonyl (C=O) groups excluding carboxylic acids is 2. The number of unbranched alkanes of at least 4 members (excludes halogenated alkanes) is 1. The SMILES string of the molecule is CCCCC(=O)N1CCN(C(=O)OCc2ccccc2)CC1. The molecule has 0 aliphatic carbocycles. The van der Waals surface area contributed by atoms with Crippen LogP contribution in [0.5, 0.6) is 0 Å². The highest BCUT2D eigenvalue weighted by molar-refractivity contribution is 5.76. The minimum Gasteiger partial charge on any atom is -0.445 e. The first-order chi connectivity index (χ1) is 10.7. The van der Waals surface area contributed by atoms with E-state index in [0.29, 0.717) is 32.6 Å². The summed E-state index contributed by atoms with van der Waals surface area (Å²) in [4.78, 5) is 27.5. The van der Waals surface area contributed by atoms with Gasteiger partial charge in [0.2, 0.25) is 5.91 Å². The van der Waals surface area contributed by atoms with Crippen LogP contribution in [0.25, 0.3) is 0 Å². The first-order valence-electron chi connectivity index (χ1n) is 7.94. The molecule has 0 radical (unpaired) electrons. The normalized spacial score (nSPS) is 14.8. The first kappa shape index (κ1) is 16.3. The largest absolute Gasteiger partial charge is 0.445 e. The van der Waals surface area contributed by atoms with Crippen molar-refractivity contribution in [1.82, 2.24) is 9.80 Å². The van der Waals surface area contributed by atoms with Crippen LogP contribution in [0.4, 0.5) is 4.79 Å². The lowest BCUT2D eigenvalue weighted by Crippen LogP contribution is -2.50. The van der Waals surface area contributed by atoms with E-state index in [-0.39, 0.29) is 18.6 Å². The van der Waals surface area contributed by atoms with E-state index >= 15 is 0 Å². The van der Waals surface area contributed by atoms with Gasteiger partial charge in [-0.3, -0.25) is 4.79 Å². The number of hydrogen-bond donors (Lipinski definition) is 0. The number of piperazine rings is 1. The van der Waals surface area contributed by atoms with Gasteiger partial charge in [-0.25, -0.2) is 4.79 Å². The third-order valence-electron chi connectivity index (χ3n) is 3.84. The highest BCUT2D eigenvalue weighted by Gasteiger charge is 2.24. The lowest BCUT2D eigenvalue weighted by atomic mass is 10.2. The molecule has 2 amide bonds. The molecule has 0 aromatic heterocycles. The summed E-state index contributed by atoms with van der Waals surface area (Å²) >= 11 is 0. The van der Waals surface area contributed by atoms with E-state index in [1.807, 2.05) is 35.2 Å². The summed E-state index contributed by atoms with van der Waals surface area (Å²) in [5, 5.41) is 0. The van der Waals surface area contributed by atoms with Crippen LogP contribution in [-0.4, -0.2) is 48.0 Å². The second kappa shape index (κ2) is 8.41. The molecule has 1 aromatic rings. The Balaban J connectivity index is 1.72. The minimum absolute atomic E-state index is 0.194. The lowest BCUT2D eigenvalue weighted by molar-refractivity contribution is -0.132. The number of hydrogen-bond acceptors (Lipinski definition) is 3. The monoisotopic (exact) mass is 304 g/mol. The van der Waals surface area contributed by atoms with Gasteiger partial charge in [0.1, 0.15) is 6.61 Å². The molecule has 1 aromatic carbocycles. The fourth-order valence-electron chi connectivity index (χ4n) is 2.44. The Kier molecular flexibility index (Phi) is 6.25. The van der Waals surface area contributed by atoms with Gasteiger partial charge in [-0.15, -0.1) is 0 Å². The highest BCUT2D eigenvalue weighted by atomic mass is 16.6. The fraction of sp³-hybridized carbons (Fsp3) is 0.529. The Labute approximate surface area is 131 Å². The summed E-state index contributed by atoms with van der Waals surface area (Å²) < 4.78 is 5.31. The molecule has 120 valence electrons. The summed E-state index contributed by atoms with van der Waals surface area (Å²) in [6, 6.07) is 9.63. The van der Waals surface area contributed by atoms with Gasteiger partial charge in [-0.05, 0) is 12.0 Å².